The maximum atomic E-state index is 11.7. The summed E-state index contributed by atoms with van der Waals surface area (Å²) in [7, 11) is 1.81. The van der Waals surface area contributed by atoms with Crippen LogP contribution >= 0.6 is 0 Å². The van der Waals surface area contributed by atoms with Crippen LogP contribution in [0.3, 0.4) is 0 Å². The molecule has 0 saturated carbocycles. The molecule has 2 aromatic rings. The highest BCUT2D eigenvalue weighted by Gasteiger charge is 2.03. The number of carbonyl (C=O) groups is 1. The molecule has 21 heavy (non-hydrogen) atoms. The molecule has 0 aliphatic rings. The van der Waals surface area contributed by atoms with Gasteiger partial charge in [0.15, 0.2) is 0 Å². The number of anilines is 1. The van der Waals surface area contributed by atoms with Gasteiger partial charge in [-0.1, -0.05) is 12.1 Å². The monoisotopic (exact) mass is 286 g/mol. The minimum atomic E-state index is -0.291. The van der Waals surface area contributed by atoms with E-state index in [2.05, 4.69) is 15.6 Å². The van der Waals surface area contributed by atoms with Gasteiger partial charge in [0.1, 0.15) is 0 Å². The lowest BCUT2D eigenvalue weighted by atomic mass is 10.2. The van der Waals surface area contributed by atoms with Crippen LogP contribution in [-0.2, 0) is 11.3 Å². The third-order valence-corrected chi connectivity index (χ3v) is 2.95. The fraction of sp³-hybridized carbons (Fsp3) is 0.267. The van der Waals surface area contributed by atoms with Crippen molar-refractivity contribution in [2.75, 3.05) is 18.9 Å². The molecule has 0 atom stereocenters. The predicted molar refractivity (Wildman–Crippen MR) is 81.2 cm³/mol. The van der Waals surface area contributed by atoms with Crippen LogP contribution in [0.15, 0.2) is 47.5 Å². The molecule has 6 heteroatoms. The van der Waals surface area contributed by atoms with Crippen molar-refractivity contribution in [1.82, 2.24) is 14.9 Å². The van der Waals surface area contributed by atoms with Crippen LogP contribution in [-0.4, -0.2) is 29.1 Å². The minimum Gasteiger partial charge on any atom is -0.326 e. The highest BCUT2D eigenvalue weighted by Crippen LogP contribution is 2.11. The Hall–Kier alpha value is -2.47. The van der Waals surface area contributed by atoms with Crippen molar-refractivity contribution >= 4 is 11.6 Å². The molecule has 1 amide bonds. The first-order valence-electron chi connectivity index (χ1n) is 6.74. The van der Waals surface area contributed by atoms with Crippen molar-refractivity contribution < 1.29 is 4.79 Å². The smallest absolute Gasteiger partial charge is 0.326 e. The van der Waals surface area contributed by atoms with Crippen molar-refractivity contribution in [1.29, 1.82) is 0 Å². The number of hydrogen-bond donors (Lipinski definition) is 2. The summed E-state index contributed by atoms with van der Waals surface area (Å²) in [5.41, 5.74) is 1.36. The molecule has 0 spiro atoms. The van der Waals surface area contributed by atoms with Gasteiger partial charge < -0.3 is 10.6 Å². The Morgan fingerprint density at radius 1 is 1.33 bits per heavy atom. The second kappa shape index (κ2) is 7.35. The van der Waals surface area contributed by atoms with E-state index < -0.39 is 0 Å². The second-order valence-corrected chi connectivity index (χ2v) is 4.63. The third kappa shape index (κ3) is 4.54. The SMILES string of the molecule is CNCCC(=O)Nc1cccc(Cn2cccnc2=O)c1. The predicted octanol–water partition coefficient (Wildman–Crippen LogP) is 0.840. The van der Waals surface area contributed by atoms with Crippen LogP contribution < -0.4 is 16.3 Å². The molecule has 0 bridgehead atoms. The number of carbonyl (C=O) groups excluding carboxylic acids is 1. The Kier molecular flexibility index (Phi) is 5.22. The summed E-state index contributed by atoms with van der Waals surface area (Å²) >= 11 is 0. The average molecular weight is 286 g/mol. The summed E-state index contributed by atoms with van der Waals surface area (Å²) in [6, 6.07) is 9.15. The summed E-state index contributed by atoms with van der Waals surface area (Å²) in [5.74, 6) is -0.0416. The van der Waals surface area contributed by atoms with E-state index in [4.69, 9.17) is 0 Å². The van der Waals surface area contributed by atoms with Gasteiger partial charge in [-0.05, 0) is 30.8 Å². The first-order valence-corrected chi connectivity index (χ1v) is 6.74. The lowest BCUT2D eigenvalue weighted by Crippen LogP contribution is -2.22. The quantitative estimate of drug-likeness (QED) is 0.825. The zero-order valence-electron chi connectivity index (χ0n) is 11.9. The molecule has 2 N–H and O–H groups in total. The highest BCUT2D eigenvalue weighted by molar-refractivity contribution is 5.90. The van der Waals surface area contributed by atoms with Crippen LogP contribution in [0.4, 0.5) is 5.69 Å². The maximum absolute atomic E-state index is 11.7. The summed E-state index contributed by atoms with van der Waals surface area (Å²) in [6.45, 7) is 1.06. The molecule has 2 rings (SSSR count). The summed E-state index contributed by atoms with van der Waals surface area (Å²) in [6.07, 6.45) is 3.58. The van der Waals surface area contributed by atoms with E-state index in [1.807, 2.05) is 24.3 Å². The molecule has 1 aromatic carbocycles. The first kappa shape index (κ1) is 14.9. The van der Waals surface area contributed by atoms with Crippen LogP contribution in [0.1, 0.15) is 12.0 Å². The summed E-state index contributed by atoms with van der Waals surface area (Å²) in [4.78, 5) is 27.0. The van der Waals surface area contributed by atoms with Gasteiger partial charge in [0.05, 0.1) is 6.54 Å². The molecule has 0 fully saturated rings. The molecule has 1 aromatic heterocycles. The van der Waals surface area contributed by atoms with Gasteiger partial charge in [0, 0.05) is 31.0 Å². The first-order chi connectivity index (χ1) is 10.2. The summed E-state index contributed by atoms with van der Waals surface area (Å²) < 4.78 is 1.52. The molecule has 0 saturated heterocycles. The van der Waals surface area contributed by atoms with Gasteiger partial charge in [-0.15, -0.1) is 0 Å². The van der Waals surface area contributed by atoms with Crippen molar-refractivity contribution in [3.8, 4) is 0 Å². The maximum Gasteiger partial charge on any atom is 0.347 e. The number of hydrogen-bond acceptors (Lipinski definition) is 4. The van der Waals surface area contributed by atoms with Crippen molar-refractivity contribution in [2.24, 2.45) is 0 Å². The Bertz CT molecular complexity index is 666. The zero-order chi connectivity index (χ0) is 15.1. The van der Waals surface area contributed by atoms with Crippen LogP contribution in [0.5, 0.6) is 0 Å². The lowest BCUT2D eigenvalue weighted by Gasteiger charge is -2.08. The summed E-state index contributed by atoms with van der Waals surface area (Å²) in [5, 5.41) is 5.76. The van der Waals surface area contributed by atoms with E-state index >= 15 is 0 Å². The van der Waals surface area contributed by atoms with Crippen molar-refractivity contribution in [2.45, 2.75) is 13.0 Å². The van der Waals surface area contributed by atoms with Gasteiger partial charge >= 0.3 is 5.69 Å². The van der Waals surface area contributed by atoms with Gasteiger partial charge in [0.2, 0.25) is 5.91 Å². The molecule has 0 aliphatic carbocycles. The van der Waals surface area contributed by atoms with Crippen LogP contribution in [0.25, 0.3) is 0 Å². The van der Waals surface area contributed by atoms with Crippen LogP contribution in [0, 0.1) is 0 Å². The molecule has 1 heterocycles. The molecular formula is C15H18N4O2. The Balaban J connectivity index is 2.06. The molecule has 0 aliphatic heterocycles. The number of amides is 1. The fourth-order valence-corrected chi connectivity index (χ4v) is 1.91. The Morgan fingerprint density at radius 2 is 2.19 bits per heavy atom. The third-order valence-electron chi connectivity index (χ3n) is 2.95. The normalized spacial score (nSPS) is 10.3. The van der Waals surface area contributed by atoms with Gasteiger partial charge in [-0.25, -0.2) is 9.78 Å². The highest BCUT2D eigenvalue weighted by atomic mass is 16.2. The number of benzene rings is 1. The number of rotatable bonds is 6. The molecule has 110 valence electrons. The fourth-order valence-electron chi connectivity index (χ4n) is 1.91. The molecular weight excluding hydrogens is 268 g/mol. The number of nitrogens with zero attached hydrogens (tertiary/aromatic N) is 2. The van der Waals surface area contributed by atoms with E-state index in [0.717, 1.165) is 11.3 Å². The van der Waals surface area contributed by atoms with E-state index in [1.165, 1.54) is 10.8 Å². The van der Waals surface area contributed by atoms with Gasteiger partial charge in [0.25, 0.3) is 0 Å². The van der Waals surface area contributed by atoms with E-state index in [-0.39, 0.29) is 11.6 Å². The zero-order valence-corrected chi connectivity index (χ0v) is 11.9. The van der Waals surface area contributed by atoms with Crippen molar-refractivity contribution in [3.05, 3.63) is 58.8 Å². The van der Waals surface area contributed by atoms with Gasteiger partial charge in [-0.2, -0.15) is 0 Å². The topological polar surface area (TPSA) is 76.0 Å². The Labute approximate surface area is 122 Å². The van der Waals surface area contributed by atoms with E-state index in [1.54, 1.807) is 19.3 Å². The molecule has 6 nitrogen and oxygen atoms in total. The minimum absolute atomic E-state index is 0.0416. The van der Waals surface area contributed by atoms with Gasteiger partial charge in [-0.3, -0.25) is 9.36 Å². The Morgan fingerprint density at radius 3 is 2.95 bits per heavy atom. The largest absolute Gasteiger partial charge is 0.347 e. The van der Waals surface area contributed by atoms with Crippen LogP contribution in [0.2, 0.25) is 0 Å². The lowest BCUT2D eigenvalue weighted by molar-refractivity contribution is -0.116. The number of aromatic nitrogens is 2. The standard InChI is InChI=1S/C15H18N4O2/c1-16-8-6-14(20)18-13-5-2-4-12(10-13)11-19-9-3-7-17-15(19)21/h2-5,7,9-10,16H,6,8,11H2,1H3,(H,18,20). The van der Waals surface area contributed by atoms with E-state index in [0.29, 0.717) is 19.5 Å². The second-order valence-electron chi connectivity index (χ2n) is 4.63. The van der Waals surface area contributed by atoms with Crippen molar-refractivity contribution in [3.63, 3.8) is 0 Å². The number of nitrogens with one attached hydrogen (secondary N) is 2. The van der Waals surface area contributed by atoms with E-state index in [9.17, 15) is 9.59 Å². The molecule has 0 radical (unpaired) electrons. The molecule has 0 unspecified atom stereocenters. The average Bonchev–Trinajstić information content (AvgIpc) is 2.48.